The first-order valence-electron chi connectivity index (χ1n) is 5.84. The number of likely N-dealkylation sites (tertiary alicyclic amines) is 1. The molecular weight excluding hydrogens is 327 g/mol. The molecule has 17 heavy (non-hydrogen) atoms. The van der Waals surface area contributed by atoms with E-state index in [4.69, 9.17) is 5.73 Å². The molecule has 1 aliphatic heterocycles. The fourth-order valence-electron chi connectivity index (χ4n) is 2.22. The van der Waals surface area contributed by atoms with E-state index in [1.807, 2.05) is 36.9 Å². The van der Waals surface area contributed by atoms with Gasteiger partial charge in [-0.25, -0.2) is 0 Å². The molecule has 2 N–H and O–H groups in total. The number of amides is 1. The highest BCUT2D eigenvalue weighted by Gasteiger charge is 2.32. The van der Waals surface area contributed by atoms with Crippen molar-refractivity contribution in [3.63, 3.8) is 0 Å². The first-order chi connectivity index (χ1) is 8.02. The zero-order chi connectivity index (χ0) is 12.6. The maximum atomic E-state index is 12.4. The third-order valence-electron chi connectivity index (χ3n) is 3.50. The van der Waals surface area contributed by atoms with Crippen molar-refractivity contribution >= 4 is 28.5 Å². The van der Waals surface area contributed by atoms with Gasteiger partial charge in [0.05, 0.1) is 5.56 Å². The molecule has 4 heteroatoms. The van der Waals surface area contributed by atoms with Gasteiger partial charge in [0.25, 0.3) is 5.91 Å². The number of rotatable bonds is 1. The van der Waals surface area contributed by atoms with Crippen LogP contribution in [0.15, 0.2) is 18.2 Å². The molecule has 0 radical (unpaired) electrons. The van der Waals surface area contributed by atoms with Gasteiger partial charge in [0.2, 0.25) is 0 Å². The molecule has 0 saturated carbocycles. The summed E-state index contributed by atoms with van der Waals surface area (Å²) in [6.45, 7) is 4.82. The Morgan fingerprint density at radius 3 is 2.82 bits per heavy atom. The van der Waals surface area contributed by atoms with Crippen molar-refractivity contribution in [2.24, 2.45) is 5.73 Å². The lowest BCUT2D eigenvalue weighted by atomic mass is 10.1. The van der Waals surface area contributed by atoms with Crippen molar-refractivity contribution in [3.8, 4) is 0 Å². The fraction of sp³-hybridized carbons (Fsp3) is 0.462. The molecule has 3 nitrogen and oxygen atoms in total. The van der Waals surface area contributed by atoms with E-state index < -0.39 is 0 Å². The number of aryl methyl sites for hydroxylation is 1. The molecule has 1 fully saturated rings. The van der Waals surface area contributed by atoms with E-state index in [0.29, 0.717) is 0 Å². The lowest BCUT2D eigenvalue weighted by Gasteiger charge is -2.24. The van der Waals surface area contributed by atoms with Crippen LogP contribution in [-0.4, -0.2) is 29.4 Å². The van der Waals surface area contributed by atoms with Crippen LogP contribution >= 0.6 is 22.6 Å². The molecule has 0 aliphatic carbocycles. The Kier molecular flexibility index (Phi) is 3.73. The highest BCUT2D eigenvalue weighted by molar-refractivity contribution is 14.1. The van der Waals surface area contributed by atoms with Gasteiger partial charge in [-0.15, -0.1) is 0 Å². The standard InChI is InChI=1S/C13H17IN2O/c1-8-4-3-5-10(12(8)14)13(17)16-7-6-11(15)9(16)2/h3-5,9,11H,6-7,15H2,1-2H3. The molecule has 1 saturated heterocycles. The summed E-state index contributed by atoms with van der Waals surface area (Å²) in [5.74, 6) is 0.110. The minimum atomic E-state index is 0.110. The molecule has 0 spiro atoms. The van der Waals surface area contributed by atoms with Crippen LogP contribution in [-0.2, 0) is 0 Å². The Labute approximate surface area is 116 Å². The Hall–Kier alpha value is -0.620. The van der Waals surface area contributed by atoms with Crippen molar-refractivity contribution in [1.82, 2.24) is 4.90 Å². The van der Waals surface area contributed by atoms with E-state index in [1.165, 1.54) is 0 Å². The summed E-state index contributed by atoms with van der Waals surface area (Å²) >= 11 is 2.24. The molecule has 1 aromatic rings. The van der Waals surface area contributed by atoms with Crippen LogP contribution in [0, 0.1) is 10.5 Å². The maximum Gasteiger partial charge on any atom is 0.255 e. The summed E-state index contributed by atoms with van der Waals surface area (Å²) in [5.41, 5.74) is 7.90. The van der Waals surface area contributed by atoms with Gasteiger partial charge in [0.15, 0.2) is 0 Å². The van der Waals surface area contributed by atoms with Crippen LogP contribution in [0.5, 0.6) is 0 Å². The number of nitrogens with zero attached hydrogens (tertiary/aromatic N) is 1. The van der Waals surface area contributed by atoms with E-state index >= 15 is 0 Å². The van der Waals surface area contributed by atoms with Gasteiger partial charge in [-0.2, -0.15) is 0 Å². The SMILES string of the molecule is Cc1cccc(C(=O)N2CCC(N)C2C)c1I. The van der Waals surface area contributed by atoms with Crippen LogP contribution in [0.25, 0.3) is 0 Å². The van der Waals surface area contributed by atoms with E-state index in [-0.39, 0.29) is 18.0 Å². The summed E-state index contributed by atoms with van der Waals surface area (Å²) in [6.07, 6.45) is 0.898. The molecule has 1 heterocycles. The molecular formula is C13H17IN2O. The molecule has 1 amide bonds. The van der Waals surface area contributed by atoms with Gasteiger partial charge >= 0.3 is 0 Å². The van der Waals surface area contributed by atoms with E-state index in [0.717, 1.165) is 27.7 Å². The smallest absolute Gasteiger partial charge is 0.255 e. The lowest BCUT2D eigenvalue weighted by molar-refractivity contribution is 0.0741. The highest BCUT2D eigenvalue weighted by Crippen LogP contribution is 2.23. The maximum absolute atomic E-state index is 12.4. The van der Waals surface area contributed by atoms with Crippen molar-refractivity contribution in [1.29, 1.82) is 0 Å². The Morgan fingerprint density at radius 1 is 1.53 bits per heavy atom. The van der Waals surface area contributed by atoms with Crippen LogP contribution in [0.3, 0.4) is 0 Å². The Balaban J connectivity index is 2.29. The van der Waals surface area contributed by atoms with Gasteiger partial charge < -0.3 is 10.6 Å². The summed E-state index contributed by atoms with van der Waals surface area (Å²) in [6, 6.07) is 6.11. The van der Waals surface area contributed by atoms with Gasteiger partial charge in [-0.05, 0) is 54.5 Å². The number of carbonyl (C=O) groups excluding carboxylic acids is 1. The normalized spacial score (nSPS) is 24.1. The predicted molar refractivity (Wildman–Crippen MR) is 77.0 cm³/mol. The summed E-state index contributed by atoms with van der Waals surface area (Å²) in [7, 11) is 0. The Morgan fingerprint density at radius 2 is 2.24 bits per heavy atom. The van der Waals surface area contributed by atoms with E-state index in [1.54, 1.807) is 0 Å². The molecule has 0 bridgehead atoms. The average molecular weight is 344 g/mol. The van der Waals surface area contributed by atoms with Crippen molar-refractivity contribution in [2.75, 3.05) is 6.54 Å². The number of benzene rings is 1. The van der Waals surface area contributed by atoms with Gasteiger partial charge in [-0.1, -0.05) is 12.1 Å². The Bertz CT molecular complexity index is 447. The molecule has 92 valence electrons. The second kappa shape index (κ2) is 4.94. The molecule has 1 aliphatic rings. The second-order valence-electron chi connectivity index (χ2n) is 4.63. The zero-order valence-electron chi connectivity index (χ0n) is 10.1. The highest BCUT2D eigenvalue weighted by atomic mass is 127. The fourth-order valence-corrected chi connectivity index (χ4v) is 2.81. The zero-order valence-corrected chi connectivity index (χ0v) is 12.3. The van der Waals surface area contributed by atoms with E-state index in [9.17, 15) is 4.79 Å². The van der Waals surface area contributed by atoms with Crippen molar-refractivity contribution in [3.05, 3.63) is 32.9 Å². The third kappa shape index (κ3) is 2.33. The minimum Gasteiger partial charge on any atom is -0.334 e. The third-order valence-corrected chi connectivity index (χ3v) is 4.93. The van der Waals surface area contributed by atoms with E-state index in [2.05, 4.69) is 22.6 Å². The number of nitrogens with two attached hydrogens (primary N) is 1. The first kappa shape index (κ1) is 12.8. The van der Waals surface area contributed by atoms with Crippen molar-refractivity contribution in [2.45, 2.75) is 32.4 Å². The van der Waals surface area contributed by atoms with Crippen molar-refractivity contribution < 1.29 is 4.79 Å². The molecule has 1 aromatic carbocycles. The van der Waals surface area contributed by atoms with Crippen LogP contribution in [0.2, 0.25) is 0 Å². The molecule has 2 unspecified atom stereocenters. The minimum absolute atomic E-state index is 0.110. The van der Waals surface area contributed by atoms with Gasteiger partial charge in [0.1, 0.15) is 0 Å². The van der Waals surface area contributed by atoms with Gasteiger partial charge in [-0.3, -0.25) is 4.79 Å². The molecule has 2 rings (SSSR count). The quantitative estimate of drug-likeness (QED) is 0.794. The molecule has 2 atom stereocenters. The second-order valence-corrected chi connectivity index (χ2v) is 5.71. The van der Waals surface area contributed by atoms with Gasteiger partial charge in [0, 0.05) is 22.2 Å². The largest absolute Gasteiger partial charge is 0.334 e. The van der Waals surface area contributed by atoms with Crippen LogP contribution in [0.1, 0.15) is 29.3 Å². The topological polar surface area (TPSA) is 46.3 Å². The number of hydrogen-bond acceptors (Lipinski definition) is 2. The molecule has 0 aromatic heterocycles. The predicted octanol–water partition coefficient (Wildman–Crippen LogP) is 2.16. The number of hydrogen-bond donors (Lipinski definition) is 1. The van der Waals surface area contributed by atoms with Crippen LogP contribution in [0.4, 0.5) is 0 Å². The number of halogens is 1. The summed E-state index contributed by atoms with van der Waals surface area (Å²) in [4.78, 5) is 14.3. The first-order valence-corrected chi connectivity index (χ1v) is 6.92. The monoisotopic (exact) mass is 344 g/mol. The average Bonchev–Trinajstić information content (AvgIpc) is 2.63. The summed E-state index contributed by atoms with van der Waals surface area (Å²) < 4.78 is 1.04. The lowest BCUT2D eigenvalue weighted by Crippen LogP contribution is -2.40. The van der Waals surface area contributed by atoms with Crippen LogP contribution < -0.4 is 5.73 Å². The summed E-state index contributed by atoms with van der Waals surface area (Å²) in [5, 5.41) is 0. The number of carbonyl (C=O) groups is 1.